The number of hydrogen-bond acceptors (Lipinski definition) is 2. The average Bonchev–Trinajstić information content (AvgIpc) is 2.33. The van der Waals surface area contributed by atoms with Gasteiger partial charge in [-0.2, -0.15) is 13.2 Å². The second-order valence-electron chi connectivity index (χ2n) is 3.42. The smallest absolute Gasteiger partial charge is 0.416 e. The molecule has 0 aliphatic rings. The number of hydrogen-bond donors (Lipinski definition) is 1. The number of ether oxygens (including phenoxy) is 1. The van der Waals surface area contributed by atoms with Gasteiger partial charge in [0.15, 0.2) is 0 Å². The molecule has 5 heteroatoms. The summed E-state index contributed by atoms with van der Waals surface area (Å²) in [6.45, 7) is -0.0888. The Morgan fingerprint density at radius 3 is 2.56 bits per heavy atom. The van der Waals surface area contributed by atoms with Crippen molar-refractivity contribution < 1.29 is 23.0 Å². The molecule has 0 bridgehead atoms. The minimum absolute atomic E-state index is 0.0888. The van der Waals surface area contributed by atoms with Crippen LogP contribution in [0.15, 0.2) is 36.4 Å². The number of alkyl halides is 3. The molecular weight excluding hydrogens is 245 g/mol. The minimum atomic E-state index is -4.38. The standard InChI is InChI=1S/C13H13F3O2/c1-18-12-9-11(13(14,15)16)7-6-10(12)5-3-2-4-8-17/h2-7,9,17H,8H2,1H3/b4-2+,5-3+. The summed E-state index contributed by atoms with van der Waals surface area (Å²) in [5.41, 5.74) is -0.213. The fourth-order valence-electron chi connectivity index (χ4n) is 1.32. The van der Waals surface area contributed by atoms with Crippen molar-refractivity contribution in [2.45, 2.75) is 6.18 Å². The molecule has 1 aromatic carbocycles. The lowest BCUT2D eigenvalue weighted by atomic mass is 10.1. The molecule has 0 atom stereocenters. The summed E-state index contributed by atoms with van der Waals surface area (Å²) >= 11 is 0. The largest absolute Gasteiger partial charge is 0.496 e. The van der Waals surface area contributed by atoms with Gasteiger partial charge in [-0.1, -0.05) is 30.4 Å². The van der Waals surface area contributed by atoms with Crippen LogP contribution in [0.3, 0.4) is 0 Å². The molecule has 98 valence electrons. The summed E-state index contributed by atoms with van der Waals surface area (Å²) in [5, 5.41) is 8.52. The summed E-state index contributed by atoms with van der Waals surface area (Å²) in [7, 11) is 1.32. The van der Waals surface area contributed by atoms with E-state index >= 15 is 0 Å². The van der Waals surface area contributed by atoms with E-state index in [0.29, 0.717) is 5.56 Å². The van der Waals surface area contributed by atoms with Crippen LogP contribution >= 0.6 is 0 Å². The first-order valence-electron chi connectivity index (χ1n) is 5.18. The highest BCUT2D eigenvalue weighted by Gasteiger charge is 2.31. The monoisotopic (exact) mass is 258 g/mol. The van der Waals surface area contributed by atoms with E-state index in [9.17, 15) is 13.2 Å². The molecule has 0 saturated carbocycles. The van der Waals surface area contributed by atoms with E-state index in [1.807, 2.05) is 0 Å². The van der Waals surface area contributed by atoms with Crippen LogP contribution in [0.5, 0.6) is 5.75 Å². The Kier molecular flexibility index (Phi) is 4.97. The maximum absolute atomic E-state index is 12.5. The Hall–Kier alpha value is -1.75. The molecule has 18 heavy (non-hydrogen) atoms. The van der Waals surface area contributed by atoms with Gasteiger partial charge in [-0.05, 0) is 12.1 Å². The van der Waals surface area contributed by atoms with E-state index in [4.69, 9.17) is 9.84 Å². The van der Waals surface area contributed by atoms with Gasteiger partial charge in [0.2, 0.25) is 0 Å². The Morgan fingerprint density at radius 1 is 1.28 bits per heavy atom. The maximum atomic E-state index is 12.5. The predicted molar refractivity (Wildman–Crippen MR) is 63.3 cm³/mol. The van der Waals surface area contributed by atoms with Gasteiger partial charge in [-0.15, -0.1) is 0 Å². The normalized spacial score (nSPS) is 12.5. The summed E-state index contributed by atoms with van der Waals surface area (Å²) in [5.74, 6) is 0.151. The molecule has 0 aliphatic carbocycles. The molecule has 0 fully saturated rings. The van der Waals surface area contributed by atoms with Crippen LogP contribution in [0.1, 0.15) is 11.1 Å². The lowest BCUT2D eigenvalue weighted by molar-refractivity contribution is -0.137. The molecule has 0 unspecified atom stereocenters. The number of rotatable bonds is 4. The number of halogens is 3. The Labute approximate surface area is 103 Å². The van der Waals surface area contributed by atoms with E-state index in [1.165, 1.54) is 19.3 Å². The van der Waals surface area contributed by atoms with E-state index in [-0.39, 0.29) is 12.4 Å². The Bertz CT molecular complexity index is 448. The molecule has 0 saturated heterocycles. The second kappa shape index (κ2) is 6.26. The van der Waals surface area contributed by atoms with E-state index in [0.717, 1.165) is 12.1 Å². The summed E-state index contributed by atoms with van der Waals surface area (Å²) in [4.78, 5) is 0. The highest BCUT2D eigenvalue weighted by atomic mass is 19.4. The van der Waals surface area contributed by atoms with Gasteiger partial charge in [-0.3, -0.25) is 0 Å². The third kappa shape index (κ3) is 3.92. The van der Waals surface area contributed by atoms with Crippen LogP contribution in [0.2, 0.25) is 0 Å². The van der Waals surface area contributed by atoms with Crippen molar-refractivity contribution in [3.05, 3.63) is 47.6 Å². The highest BCUT2D eigenvalue weighted by Crippen LogP contribution is 2.33. The topological polar surface area (TPSA) is 29.5 Å². The average molecular weight is 258 g/mol. The molecule has 1 N–H and O–H groups in total. The van der Waals surface area contributed by atoms with Gasteiger partial charge in [0.1, 0.15) is 5.75 Å². The molecule has 2 nitrogen and oxygen atoms in total. The first kappa shape index (κ1) is 14.3. The van der Waals surface area contributed by atoms with Crippen molar-refractivity contribution in [1.29, 1.82) is 0 Å². The molecule has 1 rings (SSSR count). The number of methoxy groups -OCH3 is 1. The van der Waals surface area contributed by atoms with Crippen LogP contribution < -0.4 is 4.74 Å². The van der Waals surface area contributed by atoms with Crippen molar-refractivity contribution in [1.82, 2.24) is 0 Å². The van der Waals surface area contributed by atoms with Gasteiger partial charge in [-0.25, -0.2) is 0 Å². The molecule has 1 aromatic rings. The number of aliphatic hydroxyl groups is 1. The van der Waals surface area contributed by atoms with Gasteiger partial charge < -0.3 is 9.84 Å². The number of benzene rings is 1. The fraction of sp³-hybridized carbons (Fsp3) is 0.231. The van der Waals surface area contributed by atoms with Crippen molar-refractivity contribution >= 4 is 6.08 Å². The zero-order valence-electron chi connectivity index (χ0n) is 9.74. The fourth-order valence-corrected chi connectivity index (χ4v) is 1.32. The first-order chi connectivity index (χ1) is 8.49. The second-order valence-corrected chi connectivity index (χ2v) is 3.42. The minimum Gasteiger partial charge on any atom is -0.496 e. The molecular formula is C13H13F3O2. The third-order valence-corrected chi connectivity index (χ3v) is 2.19. The molecule has 0 heterocycles. The zero-order valence-corrected chi connectivity index (χ0v) is 9.74. The molecule has 0 amide bonds. The number of allylic oxidation sites excluding steroid dienone is 2. The number of aliphatic hydroxyl groups excluding tert-OH is 1. The zero-order chi connectivity index (χ0) is 13.6. The van der Waals surface area contributed by atoms with E-state index < -0.39 is 11.7 Å². The van der Waals surface area contributed by atoms with Crippen molar-refractivity contribution in [2.24, 2.45) is 0 Å². The highest BCUT2D eigenvalue weighted by molar-refractivity contribution is 5.59. The lowest BCUT2D eigenvalue weighted by Crippen LogP contribution is -2.05. The van der Waals surface area contributed by atoms with Gasteiger partial charge in [0, 0.05) is 5.56 Å². The van der Waals surface area contributed by atoms with Gasteiger partial charge in [0.25, 0.3) is 0 Å². The van der Waals surface area contributed by atoms with Crippen molar-refractivity contribution in [3.63, 3.8) is 0 Å². The third-order valence-electron chi connectivity index (χ3n) is 2.19. The Balaban J connectivity index is 3.01. The SMILES string of the molecule is COc1cc(C(F)(F)F)ccc1/C=C/C=C/CO. The van der Waals surface area contributed by atoms with E-state index in [2.05, 4.69) is 0 Å². The van der Waals surface area contributed by atoms with Crippen LogP contribution in [-0.2, 0) is 6.18 Å². The van der Waals surface area contributed by atoms with E-state index in [1.54, 1.807) is 18.2 Å². The first-order valence-corrected chi connectivity index (χ1v) is 5.18. The van der Waals surface area contributed by atoms with Crippen LogP contribution in [-0.4, -0.2) is 18.8 Å². The Morgan fingerprint density at radius 2 is 2.00 bits per heavy atom. The van der Waals surface area contributed by atoms with Crippen molar-refractivity contribution in [3.8, 4) is 5.75 Å². The van der Waals surface area contributed by atoms with Gasteiger partial charge in [0.05, 0.1) is 19.3 Å². The lowest BCUT2D eigenvalue weighted by Gasteiger charge is -2.10. The quantitative estimate of drug-likeness (QED) is 0.840. The van der Waals surface area contributed by atoms with Crippen LogP contribution in [0.4, 0.5) is 13.2 Å². The summed E-state index contributed by atoms with van der Waals surface area (Å²) in [6.07, 6.45) is 1.93. The van der Waals surface area contributed by atoms with Crippen LogP contribution in [0.25, 0.3) is 6.08 Å². The molecule has 0 aromatic heterocycles. The molecule has 0 spiro atoms. The maximum Gasteiger partial charge on any atom is 0.416 e. The van der Waals surface area contributed by atoms with Gasteiger partial charge >= 0.3 is 6.18 Å². The van der Waals surface area contributed by atoms with Crippen molar-refractivity contribution in [2.75, 3.05) is 13.7 Å². The summed E-state index contributed by atoms with van der Waals surface area (Å²) in [6, 6.07) is 3.29. The van der Waals surface area contributed by atoms with Crippen LogP contribution in [0, 0.1) is 0 Å². The predicted octanol–water partition coefficient (Wildman–Crippen LogP) is 3.28. The summed E-state index contributed by atoms with van der Waals surface area (Å²) < 4.78 is 42.3. The molecule has 0 aliphatic heterocycles. The molecule has 0 radical (unpaired) electrons.